The summed E-state index contributed by atoms with van der Waals surface area (Å²) in [7, 11) is 0. The lowest BCUT2D eigenvalue weighted by Gasteiger charge is -2.18. The molecule has 1 aromatic rings. The quantitative estimate of drug-likeness (QED) is 0.640. The van der Waals surface area contributed by atoms with E-state index in [2.05, 4.69) is 64.1 Å². The third-order valence-corrected chi connectivity index (χ3v) is 2.02. The van der Waals surface area contributed by atoms with Gasteiger partial charge in [0.25, 0.3) is 0 Å². The van der Waals surface area contributed by atoms with Crippen LogP contribution in [-0.4, -0.2) is 0 Å². The predicted octanol–water partition coefficient (Wildman–Crippen LogP) is 4.53. The van der Waals surface area contributed by atoms with E-state index in [-0.39, 0.29) is 0 Å². The second kappa shape index (κ2) is 4.45. The lowest BCUT2D eigenvalue weighted by atomic mass is 9.88. The topological polar surface area (TPSA) is 0 Å². The minimum Gasteiger partial charge on any atom is -0.0722 e. The maximum atomic E-state index is 2.27. The molecular formula is C14H20. The van der Waals surface area contributed by atoms with Crippen molar-refractivity contribution >= 4 is 6.08 Å². The summed E-state index contributed by atoms with van der Waals surface area (Å²) in [5.41, 5.74) is 3.13. The number of allylic oxidation sites excluding steroid dienone is 1. The molecule has 0 amide bonds. The molecule has 0 aliphatic carbocycles. The van der Waals surface area contributed by atoms with E-state index in [9.17, 15) is 0 Å². The first-order valence-corrected chi connectivity index (χ1v) is 5.20. The Morgan fingerprint density at radius 2 is 1.71 bits per heavy atom. The molecule has 0 heterocycles. The van der Waals surface area contributed by atoms with Crippen molar-refractivity contribution in [3.63, 3.8) is 0 Å². The molecule has 0 radical (unpaired) electrons. The average molecular weight is 188 g/mol. The fourth-order valence-electron chi connectivity index (χ4n) is 1.72. The molecule has 0 fully saturated rings. The average Bonchev–Trinajstić information content (AvgIpc) is 2.02. The maximum absolute atomic E-state index is 2.27. The predicted molar refractivity (Wildman–Crippen MR) is 64.2 cm³/mol. The molecule has 0 spiro atoms. The molecule has 0 aliphatic heterocycles. The van der Waals surface area contributed by atoms with Gasteiger partial charge in [-0.1, -0.05) is 62.8 Å². The Bertz CT molecular complexity index is 299. The number of benzene rings is 1. The van der Waals surface area contributed by atoms with Gasteiger partial charge in [0, 0.05) is 0 Å². The van der Waals surface area contributed by atoms with Gasteiger partial charge in [-0.2, -0.15) is 0 Å². The molecule has 1 aromatic carbocycles. The Hall–Kier alpha value is -1.04. The van der Waals surface area contributed by atoms with Crippen LogP contribution in [0.25, 0.3) is 6.08 Å². The summed E-state index contributed by atoms with van der Waals surface area (Å²) in [6.07, 6.45) is 3.42. The summed E-state index contributed by atoms with van der Waals surface area (Å²) in [5, 5.41) is 0. The highest BCUT2D eigenvalue weighted by molar-refractivity contribution is 5.52. The summed E-state index contributed by atoms with van der Waals surface area (Å²) < 4.78 is 0. The van der Waals surface area contributed by atoms with Crippen LogP contribution in [0, 0.1) is 5.41 Å². The van der Waals surface area contributed by atoms with Gasteiger partial charge in [0.1, 0.15) is 0 Å². The lowest BCUT2D eigenvalue weighted by molar-refractivity contribution is 0.411. The first-order chi connectivity index (χ1) is 6.47. The highest BCUT2D eigenvalue weighted by Gasteiger charge is 2.10. The first kappa shape index (κ1) is 11.0. The minimum absolute atomic E-state index is 0.384. The van der Waals surface area contributed by atoms with Crippen molar-refractivity contribution in [2.75, 3.05) is 0 Å². The zero-order chi connectivity index (χ0) is 10.6. The van der Waals surface area contributed by atoms with E-state index in [4.69, 9.17) is 0 Å². The zero-order valence-corrected chi connectivity index (χ0v) is 9.67. The van der Waals surface area contributed by atoms with Crippen molar-refractivity contribution in [2.24, 2.45) is 5.41 Å². The molecule has 0 aliphatic rings. The van der Waals surface area contributed by atoms with E-state index in [1.807, 2.05) is 0 Å². The number of hydrogen-bond donors (Lipinski definition) is 0. The van der Waals surface area contributed by atoms with E-state index in [0.29, 0.717) is 5.41 Å². The lowest BCUT2D eigenvalue weighted by Crippen LogP contribution is -2.04. The van der Waals surface area contributed by atoms with Gasteiger partial charge in [-0.15, -0.1) is 0 Å². The summed E-state index contributed by atoms with van der Waals surface area (Å²) in [6.45, 7) is 9.03. The first-order valence-electron chi connectivity index (χ1n) is 5.20. The molecule has 0 saturated carbocycles. The van der Waals surface area contributed by atoms with Crippen LogP contribution in [0.5, 0.6) is 0 Å². The van der Waals surface area contributed by atoms with Gasteiger partial charge < -0.3 is 0 Å². The van der Waals surface area contributed by atoms with Crippen molar-refractivity contribution in [1.82, 2.24) is 0 Å². The highest BCUT2D eigenvalue weighted by Crippen LogP contribution is 2.24. The van der Waals surface area contributed by atoms with Crippen LogP contribution < -0.4 is 0 Å². The molecule has 0 unspecified atom stereocenters. The largest absolute Gasteiger partial charge is 0.0722 e. The third-order valence-electron chi connectivity index (χ3n) is 2.02. The smallest absolute Gasteiger partial charge is 0.0257 e. The van der Waals surface area contributed by atoms with Crippen LogP contribution in [-0.2, 0) is 0 Å². The molecule has 0 N–H and O–H groups in total. The fraction of sp³-hybridized carbons (Fsp3) is 0.429. The summed E-state index contributed by atoms with van der Waals surface area (Å²) in [6, 6.07) is 10.5. The Morgan fingerprint density at radius 1 is 1.14 bits per heavy atom. The van der Waals surface area contributed by atoms with Crippen LogP contribution in [0.1, 0.15) is 39.7 Å². The summed E-state index contributed by atoms with van der Waals surface area (Å²) in [4.78, 5) is 0. The molecular weight excluding hydrogens is 168 g/mol. The zero-order valence-electron chi connectivity index (χ0n) is 9.67. The molecule has 0 atom stereocenters. The molecule has 0 aromatic heterocycles. The Morgan fingerprint density at radius 3 is 2.21 bits per heavy atom. The normalized spacial score (nSPS) is 13.0. The van der Waals surface area contributed by atoms with Gasteiger partial charge in [0.15, 0.2) is 0 Å². The van der Waals surface area contributed by atoms with Crippen molar-refractivity contribution < 1.29 is 0 Å². The van der Waals surface area contributed by atoms with Crippen molar-refractivity contribution in [1.29, 1.82) is 0 Å². The minimum atomic E-state index is 0.384. The Labute approximate surface area is 87.7 Å². The van der Waals surface area contributed by atoms with Gasteiger partial charge in [-0.3, -0.25) is 0 Å². The van der Waals surface area contributed by atoms with Crippen LogP contribution in [0.3, 0.4) is 0 Å². The van der Waals surface area contributed by atoms with Crippen molar-refractivity contribution in [2.45, 2.75) is 34.1 Å². The Balaban J connectivity index is 2.70. The van der Waals surface area contributed by atoms with Crippen LogP contribution in [0.4, 0.5) is 0 Å². The second-order valence-corrected chi connectivity index (χ2v) is 5.14. The number of rotatable bonds is 2. The van der Waals surface area contributed by atoms with Gasteiger partial charge in [-0.05, 0) is 24.3 Å². The van der Waals surface area contributed by atoms with Crippen molar-refractivity contribution in [3.8, 4) is 0 Å². The fourth-order valence-corrected chi connectivity index (χ4v) is 1.72. The monoisotopic (exact) mass is 188 g/mol. The third kappa shape index (κ3) is 4.27. The van der Waals surface area contributed by atoms with Gasteiger partial charge in [0.05, 0.1) is 0 Å². The molecule has 0 nitrogen and oxygen atoms in total. The van der Waals surface area contributed by atoms with Crippen LogP contribution in [0.15, 0.2) is 35.9 Å². The summed E-state index contributed by atoms with van der Waals surface area (Å²) in [5.74, 6) is 0. The van der Waals surface area contributed by atoms with E-state index >= 15 is 0 Å². The van der Waals surface area contributed by atoms with Crippen molar-refractivity contribution in [3.05, 3.63) is 41.5 Å². The van der Waals surface area contributed by atoms with Crippen LogP contribution in [0.2, 0.25) is 0 Å². The van der Waals surface area contributed by atoms with Gasteiger partial charge in [-0.25, -0.2) is 0 Å². The van der Waals surface area contributed by atoms with Crippen LogP contribution >= 0.6 is 0 Å². The number of hydrogen-bond acceptors (Lipinski definition) is 0. The maximum Gasteiger partial charge on any atom is -0.0257 e. The van der Waals surface area contributed by atoms with Gasteiger partial charge >= 0.3 is 0 Å². The standard InChI is InChI=1S/C14H20/c1-12(11-14(2,3)4)10-13-8-6-5-7-9-13/h5-10H,11H2,1-4H3/b12-10+. The van der Waals surface area contributed by atoms with E-state index in [1.165, 1.54) is 11.1 Å². The highest BCUT2D eigenvalue weighted by atomic mass is 14.2. The molecule has 76 valence electrons. The van der Waals surface area contributed by atoms with E-state index < -0.39 is 0 Å². The molecule has 0 saturated heterocycles. The van der Waals surface area contributed by atoms with Gasteiger partial charge in [0.2, 0.25) is 0 Å². The second-order valence-electron chi connectivity index (χ2n) is 5.14. The molecule has 0 heteroatoms. The molecule has 1 rings (SSSR count). The molecule has 0 bridgehead atoms. The summed E-state index contributed by atoms with van der Waals surface area (Å²) >= 11 is 0. The SMILES string of the molecule is C/C(=C\c1ccccc1)CC(C)(C)C. The van der Waals surface area contributed by atoms with E-state index in [0.717, 1.165) is 6.42 Å². The van der Waals surface area contributed by atoms with E-state index in [1.54, 1.807) is 0 Å². The molecule has 14 heavy (non-hydrogen) atoms. The Kier molecular flexibility index (Phi) is 3.51.